The van der Waals surface area contributed by atoms with Crippen LogP contribution in [0.2, 0.25) is 0 Å². The zero-order valence-corrected chi connectivity index (χ0v) is 16.2. The summed E-state index contributed by atoms with van der Waals surface area (Å²) in [7, 11) is 0. The number of nitrogens with one attached hydrogen (secondary N) is 2. The summed E-state index contributed by atoms with van der Waals surface area (Å²) < 4.78 is 7.35. The van der Waals surface area contributed by atoms with Crippen LogP contribution in [-0.2, 0) is 11.3 Å². The van der Waals surface area contributed by atoms with Gasteiger partial charge in [0.2, 0.25) is 11.7 Å². The van der Waals surface area contributed by atoms with E-state index in [1.165, 1.54) is 11.8 Å². The Bertz CT molecular complexity index is 909. The molecule has 0 atom stereocenters. The first kappa shape index (κ1) is 19.7. The van der Waals surface area contributed by atoms with Crippen LogP contribution in [0.3, 0.4) is 0 Å². The maximum Gasteiger partial charge on any atom is 0.321 e. The largest absolute Gasteiger partial charge is 0.461 e. The molecule has 0 aliphatic rings. The standard InChI is InChI=1S/C19H21N5O3S/c1-2-10-20-18(26)21-16(25)13-28-19-23-22-17(15-9-6-11-27-15)24(19)12-14-7-4-3-5-8-14/h3-9,11H,2,10,12-13H2,1H3,(H2,20,21,25,26). The maximum atomic E-state index is 12.0. The highest BCUT2D eigenvalue weighted by Crippen LogP contribution is 2.25. The summed E-state index contributed by atoms with van der Waals surface area (Å²) >= 11 is 1.21. The summed E-state index contributed by atoms with van der Waals surface area (Å²) in [4.78, 5) is 23.6. The van der Waals surface area contributed by atoms with Crippen molar-refractivity contribution in [3.8, 4) is 11.6 Å². The van der Waals surface area contributed by atoms with Gasteiger partial charge in [0.25, 0.3) is 0 Å². The number of amides is 3. The van der Waals surface area contributed by atoms with Crippen LogP contribution < -0.4 is 10.6 Å². The second-order valence-electron chi connectivity index (χ2n) is 5.95. The molecule has 0 saturated carbocycles. The van der Waals surface area contributed by atoms with Crippen molar-refractivity contribution in [3.05, 3.63) is 54.3 Å². The van der Waals surface area contributed by atoms with Gasteiger partial charge in [0.1, 0.15) is 0 Å². The molecule has 0 aliphatic carbocycles. The Morgan fingerprint density at radius 2 is 1.96 bits per heavy atom. The van der Waals surface area contributed by atoms with Gasteiger partial charge in [-0.05, 0) is 24.1 Å². The van der Waals surface area contributed by atoms with Gasteiger partial charge in [-0.2, -0.15) is 0 Å². The predicted molar refractivity (Wildman–Crippen MR) is 106 cm³/mol. The highest BCUT2D eigenvalue weighted by Gasteiger charge is 2.18. The van der Waals surface area contributed by atoms with Gasteiger partial charge in [-0.3, -0.25) is 14.7 Å². The lowest BCUT2D eigenvalue weighted by molar-refractivity contribution is -0.117. The first-order valence-corrected chi connectivity index (χ1v) is 9.87. The van der Waals surface area contributed by atoms with Crippen molar-refractivity contribution in [1.29, 1.82) is 0 Å². The highest BCUT2D eigenvalue weighted by atomic mass is 32.2. The van der Waals surface area contributed by atoms with Crippen LogP contribution in [0, 0.1) is 0 Å². The number of hydrogen-bond acceptors (Lipinski definition) is 6. The van der Waals surface area contributed by atoms with Crippen molar-refractivity contribution in [2.45, 2.75) is 25.0 Å². The van der Waals surface area contributed by atoms with Crippen molar-refractivity contribution < 1.29 is 14.0 Å². The number of urea groups is 1. The fourth-order valence-corrected chi connectivity index (χ4v) is 3.21. The van der Waals surface area contributed by atoms with E-state index in [1.807, 2.05) is 47.9 Å². The second-order valence-corrected chi connectivity index (χ2v) is 6.89. The summed E-state index contributed by atoms with van der Waals surface area (Å²) in [5, 5.41) is 13.9. The molecule has 3 rings (SSSR count). The smallest absolute Gasteiger partial charge is 0.321 e. The third-order valence-corrected chi connectivity index (χ3v) is 4.73. The monoisotopic (exact) mass is 399 g/mol. The van der Waals surface area contributed by atoms with E-state index < -0.39 is 11.9 Å². The molecule has 2 heterocycles. The number of rotatable bonds is 8. The van der Waals surface area contributed by atoms with Gasteiger partial charge in [-0.1, -0.05) is 49.0 Å². The third kappa shape index (κ3) is 5.23. The lowest BCUT2D eigenvalue weighted by atomic mass is 10.2. The molecule has 0 radical (unpaired) electrons. The summed E-state index contributed by atoms with van der Waals surface area (Å²) in [6.07, 6.45) is 2.38. The van der Waals surface area contributed by atoms with Crippen molar-refractivity contribution in [3.63, 3.8) is 0 Å². The molecule has 1 aromatic carbocycles. The highest BCUT2D eigenvalue weighted by molar-refractivity contribution is 7.99. The van der Waals surface area contributed by atoms with Crippen molar-refractivity contribution in [2.24, 2.45) is 0 Å². The topological polar surface area (TPSA) is 102 Å². The molecule has 9 heteroatoms. The molecule has 3 aromatic rings. The quantitative estimate of drug-likeness (QED) is 0.565. The number of carbonyl (C=O) groups is 2. The minimum Gasteiger partial charge on any atom is -0.461 e. The molecular weight excluding hydrogens is 378 g/mol. The number of imide groups is 1. The van der Waals surface area contributed by atoms with Crippen molar-refractivity contribution in [2.75, 3.05) is 12.3 Å². The van der Waals surface area contributed by atoms with Gasteiger partial charge in [0, 0.05) is 6.54 Å². The van der Waals surface area contributed by atoms with E-state index in [9.17, 15) is 9.59 Å². The molecule has 0 saturated heterocycles. The fraction of sp³-hybridized carbons (Fsp3) is 0.263. The van der Waals surface area contributed by atoms with Crippen LogP contribution in [0.15, 0.2) is 58.3 Å². The Morgan fingerprint density at radius 1 is 1.14 bits per heavy atom. The predicted octanol–water partition coefficient (Wildman–Crippen LogP) is 2.91. The Balaban J connectivity index is 1.72. The number of furan rings is 1. The van der Waals surface area contributed by atoms with Crippen LogP contribution in [-0.4, -0.2) is 39.0 Å². The second kappa shape index (κ2) is 9.75. The number of thioether (sulfide) groups is 1. The summed E-state index contributed by atoms with van der Waals surface area (Å²) in [6.45, 7) is 2.99. The molecule has 0 unspecified atom stereocenters. The lowest BCUT2D eigenvalue weighted by Gasteiger charge is -2.09. The normalized spacial score (nSPS) is 10.6. The van der Waals surface area contributed by atoms with Gasteiger partial charge in [-0.15, -0.1) is 10.2 Å². The van der Waals surface area contributed by atoms with Crippen LogP contribution in [0.4, 0.5) is 4.79 Å². The summed E-state index contributed by atoms with van der Waals surface area (Å²) in [5.41, 5.74) is 1.07. The average molecular weight is 399 g/mol. The molecule has 0 aliphatic heterocycles. The Kier molecular flexibility index (Phi) is 6.85. The molecule has 2 aromatic heterocycles. The van der Waals surface area contributed by atoms with Gasteiger partial charge in [-0.25, -0.2) is 4.79 Å². The van der Waals surface area contributed by atoms with Crippen LogP contribution in [0.5, 0.6) is 0 Å². The van der Waals surface area contributed by atoms with Gasteiger partial charge < -0.3 is 9.73 Å². The molecule has 0 spiro atoms. The number of hydrogen-bond donors (Lipinski definition) is 2. The molecular formula is C19H21N5O3S. The molecule has 146 valence electrons. The molecule has 2 N–H and O–H groups in total. The van der Waals surface area contributed by atoms with Gasteiger partial charge in [0.15, 0.2) is 10.9 Å². The third-order valence-electron chi connectivity index (χ3n) is 3.76. The number of carbonyl (C=O) groups excluding carboxylic acids is 2. The molecule has 0 bridgehead atoms. The van der Waals surface area contributed by atoms with Crippen molar-refractivity contribution in [1.82, 2.24) is 25.4 Å². The number of benzene rings is 1. The first-order valence-electron chi connectivity index (χ1n) is 8.89. The van der Waals surface area contributed by atoms with Crippen LogP contribution >= 0.6 is 11.8 Å². The van der Waals surface area contributed by atoms with Crippen molar-refractivity contribution >= 4 is 23.7 Å². The molecule has 28 heavy (non-hydrogen) atoms. The minimum absolute atomic E-state index is 0.0463. The van der Waals surface area contributed by atoms with E-state index in [2.05, 4.69) is 20.8 Å². The van der Waals surface area contributed by atoms with Crippen LogP contribution in [0.1, 0.15) is 18.9 Å². The van der Waals surface area contributed by atoms with Crippen LogP contribution in [0.25, 0.3) is 11.6 Å². The number of aromatic nitrogens is 3. The van der Waals surface area contributed by atoms with E-state index in [-0.39, 0.29) is 5.75 Å². The van der Waals surface area contributed by atoms with Gasteiger partial charge >= 0.3 is 6.03 Å². The number of nitrogens with zero attached hydrogens (tertiary/aromatic N) is 3. The first-order chi connectivity index (χ1) is 13.7. The molecule has 8 nitrogen and oxygen atoms in total. The fourth-order valence-electron chi connectivity index (χ4n) is 2.47. The zero-order chi connectivity index (χ0) is 19.8. The Morgan fingerprint density at radius 3 is 2.68 bits per heavy atom. The summed E-state index contributed by atoms with van der Waals surface area (Å²) in [6, 6.07) is 13.0. The van der Waals surface area contributed by atoms with Gasteiger partial charge in [0.05, 0.1) is 18.6 Å². The Hall–Kier alpha value is -3.07. The molecule has 0 fully saturated rings. The maximum absolute atomic E-state index is 12.0. The van der Waals surface area contributed by atoms with E-state index >= 15 is 0 Å². The van der Waals surface area contributed by atoms with E-state index in [1.54, 1.807) is 12.3 Å². The average Bonchev–Trinajstić information content (AvgIpc) is 3.35. The SMILES string of the molecule is CCCNC(=O)NC(=O)CSc1nnc(-c2ccco2)n1Cc1ccccc1. The zero-order valence-electron chi connectivity index (χ0n) is 15.4. The van der Waals surface area contributed by atoms with E-state index in [0.717, 1.165) is 12.0 Å². The van der Waals surface area contributed by atoms with E-state index in [0.29, 0.717) is 29.8 Å². The summed E-state index contributed by atoms with van der Waals surface area (Å²) in [5.74, 6) is 0.827. The molecule has 3 amide bonds. The minimum atomic E-state index is -0.491. The lowest BCUT2D eigenvalue weighted by Crippen LogP contribution is -2.40. The Labute approximate surface area is 166 Å². The van der Waals surface area contributed by atoms with E-state index in [4.69, 9.17) is 4.42 Å².